The molecule has 0 aliphatic heterocycles. The van der Waals surface area contributed by atoms with Crippen LogP contribution in [-0.4, -0.2) is 42.6 Å². The number of rotatable bonds is 12. The van der Waals surface area contributed by atoms with Crippen LogP contribution in [0, 0.1) is 0 Å². The molecular weight excluding hydrogens is 380 g/mol. The average molecular weight is 407 g/mol. The molecule has 0 aliphatic carbocycles. The van der Waals surface area contributed by atoms with Crippen LogP contribution in [0.3, 0.4) is 0 Å². The van der Waals surface area contributed by atoms with Gasteiger partial charge in [-0.2, -0.15) is 0 Å². The van der Waals surface area contributed by atoms with Gasteiger partial charge in [-0.3, -0.25) is 4.79 Å². The quantitative estimate of drug-likeness (QED) is 0.130. The molecule has 0 spiro atoms. The molecule has 26 heavy (non-hydrogen) atoms. The van der Waals surface area contributed by atoms with Crippen LogP contribution < -0.4 is 27.8 Å². The number of allylic oxidation sites excluding steroid dienone is 1. The fourth-order valence-corrected chi connectivity index (χ4v) is 3.32. The van der Waals surface area contributed by atoms with Gasteiger partial charge < -0.3 is 21.8 Å². The summed E-state index contributed by atoms with van der Waals surface area (Å²) >= 11 is 0.693. The number of nitrogens with two attached hydrogens (primary N) is 4. The van der Waals surface area contributed by atoms with E-state index in [0.29, 0.717) is 43.0 Å². The number of carbonyl (C=O) groups excluding carboxylic acids is 1. The van der Waals surface area contributed by atoms with Crippen LogP contribution in [0.25, 0.3) is 0 Å². The van der Waals surface area contributed by atoms with E-state index in [0.717, 1.165) is 19.3 Å². The Bertz CT molecular complexity index is 704. The van der Waals surface area contributed by atoms with Crippen LogP contribution in [0.2, 0.25) is 0 Å². The lowest BCUT2D eigenvalue weighted by Gasteiger charge is -2.14. The summed E-state index contributed by atoms with van der Waals surface area (Å²) in [5, 5.41) is 16.0. The Labute approximate surface area is 156 Å². The normalized spacial score (nSPS) is 12.2. The molecule has 9 N–H and O–H groups in total. The second kappa shape index (κ2) is 11.0. The summed E-state index contributed by atoms with van der Waals surface area (Å²) in [6.07, 6.45) is 5.77. The van der Waals surface area contributed by atoms with Gasteiger partial charge in [-0.25, -0.2) is 19.4 Å². The first-order chi connectivity index (χ1) is 12.2. The first-order valence-corrected chi connectivity index (χ1v) is 10.4. The standard InChI is InChI=1S/C13H26N8O3S2/c14-7-2-1-3-8-21(16)9-10(15)5-4-6-11(22)18-12-19-20-13(25-12)26(17,23)24/h9H,1-8,14-16H2,(H2,17,23,24)(H,18,19,22)/b10-9-. The molecule has 1 aromatic rings. The zero-order valence-corrected chi connectivity index (χ0v) is 16.1. The first kappa shape index (κ1) is 22.2. The molecule has 0 atom stereocenters. The summed E-state index contributed by atoms with van der Waals surface area (Å²) in [5.74, 6) is 5.50. The molecule has 0 saturated heterocycles. The Balaban J connectivity index is 2.30. The van der Waals surface area contributed by atoms with Crippen molar-refractivity contribution >= 4 is 32.4 Å². The Morgan fingerprint density at radius 2 is 1.92 bits per heavy atom. The van der Waals surface area contributed by atoms with Gasteiger partial charge >= 0.3 is 0 Å². The number of aromatic nitrogens is 2. The lowest BCUT2D eigenvalue weighted by Crippen LogP contribution is -2.27. The van der Waals surface area contributed by atoms with Crippen molar-refractivity contribution in [1.29, 1.82) is 0 Å². The monoisotopic (exact) mass is 406 g/mol. The molecule has 148 valence electrons. The topological polar surface area (TPSA) is 196 Å². The van der Waals surface area contributed by atoms with Gasteiger partial charge in [-0.05, 0) is 32.2 Å². The summed E-state index contributed by atoms with van der Waals surface area (Å²) in [4.78, 5) is 11.8. The molecular formula is C13H26N8O3S2. The van der Waals surface area contributed by atoms with Crippen molar-refractivity contribution < 1.29 is 13.2 Å². The average Bonchev–Trinajstić information content (AvgIpc) is 3.00. The van der Waals surface area contributed by atoms with Crippen molar-refractivity contribution in [2.24, 2.45) is 22.4 Å². The fraction of sp³-hybridized carbons (Fsp3) is 0.615. The largest absolute Gasteiger partial charge is 0.401 e. The summed E-state index contributed by atoms with van der Waals surface area (Å²) in [5.41, 5.74) is 11.9. The van der Waals surface area contributed by atoms with E-state index >= 15 is 0 Å². The number of primary sulfonamides is 1. The zero-order valence-electron chi connectivity index (χ0n) is 14.4. The van der Waals surface area contributed by atoms with E-state index in [1.807, 2.05) is 0 Å². The minimum Gasteiger partial charge on any atom is -0.401 e. The second-order valence-corrected chi connectivity index (χ2v) is 8.32. The predicted octanol–water partition coefficient (Wildman–Crippen LogP) is -0.601. The number of sulfonamides is 1. The maximum Gasteiger partial charge on any atom is 0.267 e. The molecule has 0 bridgehead atoms. The van der Waals surface area contributed by atoms with Gasteiger partial charge in [-0.15, -0.1) is 10.2 Å². The Morgan fingerprint density at radius 1 is 1.19 bits per heavy atom. The lowest BCUT2D eigenvalue weighted by molar-refractivity contribution is -0.116. The minimum absolute atomic E-state index is 0.0770. The number of hydrogen-bond donors (Lipinski definition) is 5. The van der Waals surface area contributed by atoms with Crippen LogP contribution in [0.1, 0.15) is 38.5 Å². The number of nitrogens with one attached hydrogen (secondary N) is 1. The molecule has 0 unspecified atom stereocenters. The van der Waals surface area contributed by atoms with Crippen LogP contribution in [0.15, 0.2) is 16.2 Å². The van der Waals surface area contributed by atoms with Crippen LogP contribution in [0.5, 0.6) is 0 Å². The SMILES string of the molecule is NCCCCCN(N)/C=C(\N)CCCC(=O)Nc1nnc(S(N)(=O)=O)s1. The van der Waals surface area contributed by atoms with Crippen molar-refractivity contribution in [1.82, 2.24) is 15.2 Å². The lowest BCUT2D eigenvalue weighted by atomic mass is 10.2. The molecule has 0 aliphatic rings. The number of hydrogen-bond acceptors (Lipinski definition) is 10. The molecule has 11 nitrogen and oxygen atoms in total. The smallest absolute Gasteiger partial charge is 0.267 e. The maximum absolute atomic E-state index is 11.8. The molecule has 0 aromatic carbocycles. The Morgan fingerprint density at radius 3 is 2.54 bits per heavy atom. The number of unbranched alkanes of at least 4 members (excludes halogenated alkanes) is 2. The van der Waals surface area contributed by atoms with E-state index in [1.54, 1.807) is 6.20 Å². The minimum atomic E-state index is -3.92. The molecule has 0 radical (unpaired) electrons. The molecule has 1 aromatic heterocycles. The number of carbonyl (C=O) groups is 1. The third-order valence-electron chi connectivity index (χ3n) is 3.22. The van der Waals surface area contributed by atoms with Gasteiger partial charge in [0.2, 0.25) is 15.4 Å². The molecule has 13 heteroatoms. The van der Waals surface area contributed by atoms with Crippen molar-refractivity contribution in [2.45, 2.75) is 42.9 Å². The highest BCUT2D eigenvalue weighted by atomic mass is 32.2. The zero-order chi connectivity index (χ0) is 19.6. The van der Waals surface area contributed by atoms with Gasteiger partial charge in [0.1, 0.15) is 0 Å². The van der Waals surface area contributed by atoms with Gasteiger partial charge in [-0.1, -0.05) is 17.8 Å². The van der Waals surface area contributed by atoms with E-state index in [9.17, 15) is 13.2 Å². The number of anilines is 1. The van der Waals surface area contributed by atoms with Crippen LogP contribution in [0.4, 0.5) is 5.13 Å². The molecule has 1 amide bonds. The molecule has 1 heterocycles. The van der Waals surface area contributed by atoms with Crippen molar-refractivity contribution in [3.63, 3.8) is 0 Å². The van der Waals surface area contributed by atoms with E-state index in [2.05, 4.69) is 15.5 Å². The molecule has 0 saturated carbocycles. The second-order valence-electron chi connectivity index (χ2n) is 5.61. The maximum atomic E-state index is 11.8. The van der Waals surface area contributed by atoms with Crippen molar-refractivity contribution in [3.8, 4) is 0 Å². The Kier molecular flexibility index (Phi) is 9.43. The summed E-state index contributed by atoms with van der Waals surface area (Å²) in [7, 11) is -3.92. The van der Waals surface area contributed by atoms with Gasteiger partial charge in [0.25, 0.3) is 10.0 Å². The van der Waals surface area contributed by atoms with Crippen LogP contribution >= 0.6 is 11.3 Å². The van der Waals surface area contributed by atoms with E-state index in [1.165, 1.54) is 5.01 Å². The molecule has 0 fully saturated rings. The van der Waals surface area contributed by atoms with Crippen molar-refractivity contribution in [2.75, 3.05) is 18.4 Å². The molecule has 1 rings (SSSR count). The summed E-state index contributed by atoms with van der Waals surface area (Å²) in [6.45, 7) is 1.36. The predicted molar refractivity (Wildman–Crippen MR) is 99.8 cm³/mol. The summed E-state index contributed by atoms with van der Waals surface area (Å²) in [6, 6.07) is 0. The summed E-state index contributed by atoms with van der Waals surface area (Å²) < 4.78 is 21.8. The van der Waals surface area contributed by atoms with E-state index in [-0.39, 0.29) is 21.8 Å². The fourth-order valence-electron chi connectivity index (χ4n) is 1.97. The highest BCUT2D eigenvalue weighted by Gasteiger charge is 2.16. The first-order valence-electron chi connectivity index (χ1n) is 8.06. The highest BCUT2D eigenvalue weighted by Crippen LogP contribution is 2.18. The van der Waals surface area contributed by atoms with Gasteiger partial charge in [0.15, 0.2) is 0 Å². The van der Waals surface area contributed by atoms with Crippen LogP contribution in [-0.2, 0) is 14.8 Å². The third kappa shape index (κ3) is 9.05. The number of hydrazine groups is 1. The number of nitrogens with zero attached hydrogens (tertiary/aromatic N) is 3. The third-order valence-corrected chi connectivity index (χ3v) is 5.37. The van der Waals surface area contributed by atoms with Gasteiger partial charge in [0, 0.05) is 24.9 Å². The van der Waals surface area contributed by atoms with Crippen molar-refractivity contribution in [3.05, 3.63) is 11.9 Å². The Hall–Kier alpha value is -1.80. The van der Waals surface area contributed by atoms with Gasteiger partial charge in [0.05, 0.1) is 0 Å². The highest BCUT2D eigenvalue weighted by molar-refractivity contribution is 7.91. The van der Waals surface area contributed by atoms with E-state index in [4.69, 9.17) is 22.4 Å². The number of amides is 1. The van der Waals surface area contributed by atoms with E-state index < -0.39 is 10.0 Å².